The number of imide groups is 1. The molecule has 1 atom stereocenters. The molecule has 0 spiro atoms. The van der Waals surface area contributed by atoms with E-state index in [4.69, 9.17) is 0 Å². The molecule has 0 radical (unpaired) electrons. The number of likely N-dealkylation sites (N-methyl/N-ethyl adjacent to an activating group) is 1. The van der Waals surface area contributed by atoms with Crippen molar-refractivity contribution >= 4 is 28.9 Å². The highest BCUT2D eigenvalue weighted by atomic mass is 16.4. The molecule has 1 aromatic carbocycles. The summed E-state index contributed by atoms with van der Waals surface area (Å²) in [5.74, 6) is 5.53. The highest BCUT2D eigenvalue weighted by molar-refractivity contribution is 5.99. The van der Waals surface area contributed by atoms with Gasteiger partial charge in [0.25, 0.3) is 5.91 Å². The SMILES string of the molecule is CN1C(=O)CCC(n2c(=O)n(C)c3cc(C#CCCCN(C(=O)O)C(C)(C)C)ccc32)C1=O. The maximum atomic E-state index is 12.9. The molecule has 9 heteroatoms. The fraction of sp³-hybridized carbons (Fsp3) is 0.500. The Balaban J connectivity index is 1.79. The van der Waals surface area contributed by atoms with Crippen molar-refractivity contribution in [2.75, 3.05) is 13.6 Å². The first-order valence-corrected chi connectivity index (χ1v) is 10.9. The molecule has 176 valence electrons. The second kappa shape index (κ2) is 9.14. The summed E-state index contributed by atoms with van der Waals surface area (Å²) >= 11 is 0. The number of likely N-dealkylation sites (tertiary alicyclic amines) is 1. The number of benzene rings is 1. The van der Waals surface area contributed by atoms with Gasteiger partial charge < -0.3 is 10.0 Å². The van der Waals surface area contributed by atoms with E-state index >= 15 is 0 Å². The first-order valence-electron chi connectivity index (χ1n) is 10.9. The van der Waals surface area contributed by atoms with Crippen molar-refractivity contribution in [2.45, 2.75) is 58.0 Å². The Labute approximate surface area is 192 Å². The predicted molar refractivity (Wildman–Crippen MR) is 124 cm³/mol. The largest absolute Gasteiger partial charge is 0.465 e. The maximum absolute atomic E-state index is 12.9. The minimum atomic E-state index is -0.946. The minimum absolute atomic E-state index is 0.216. The van der Waals surface area contributed by atoms with Gasteiger partial charge in [-0.05, 0) is 51.8 Å². The number of hydrogen-bond acceptors (Lipinski definition) is 4. The highest BCUT2D eigenvalue weighted by Crippen LogP contribution is 2.26. The summed E-state index contributed by atoms with van der Waals surface area (Å²) in [7, 11) is 3.09. The zero-order valence-electron chi connectivity index (χ0n) is 19.7. The lowest BCUT2D eigenvalue weighted by atomic mass is 10.0. The zero-order chi connectivity index (χ0) is 24.5. The van der Waals surface area contributed by atoms with Crippen LogP contribution in [0, 0.1) is 11.8 Å². The molecule has 0 saturated carbocycles. The number of aromatic nitrogens is 2. The number of carbonyl (C=O) groups is 3. The molecule has 1 unspecified atom stereocenters. The number of rotatable bonds is 4. The number of amides is 3. The molecular formula is C24H30N4O5. The first kappa shape index (κ1) is 24.1. The van der Waals surface area contributed by atoms with Crippen molar-refractivity contribution in [3.63, 3.8) is 0 Å². The van der Waals surface area contributed by atoms with Crippen LogP contribution < -0.4 is 5.69 Å². The van der Waals surface area contributed by atoms with E-state index in [9.17, 15) is 24.3 Å². The van der Waals surface area contributed by atoms with Crippen LogP contribution >= 0.6 is 0 Å². The van der Waals surface area contributed by atoms with Crippen molar-refractivity contribution in [1.29, 1.82) is 0 Å². The lowest BCUT2D eigenvalue weighted by molar-refractivity contribution is -0.149. The third-order valence-electron chi connectivity index (χ3n) is 5.98. The number of fused-ring (bicyclic) bond motifs is 1. The molecule has 0 aliphatic carbocycles. The Hall–Kier alpha value is -3.54. The normalized spacial score (nSPS) is 16.6. The van der Waals surface area contributed by atoms with Crippen LogP contribution in [0.25, 0.3) is 11.0 Å². The Morgan fingerprint density at radius 3 is 2.52 bits per heavy atom. The monoisotopic (exact) mass is 454 g/mol. The molecular weight excluding hydrogens is 424 g/mol. The maximum Gasteiger partial charge on any atom is 0.407 e. The van der Waals surface area contributed by atoms with E-state index in [-0.39, 0.29) is 23.9 Å². The van der Waals surface area contributed by atoms with Crippen LogP contribution in [-0.2, 0) is 16.6 Å². The van der Waals surface area contributed by atoms with Crippen molar-refractivity contribution in [1.82, 2.24) is 18.9 Å². The van der Waals surface area contributed by atoms with Crippen LogP contribution in [-0.4, -0.2) is 61.1 Å². The van der Waals surface area contributed by atoms with E-state index in [1.54, 1.807) is 25.2 Å². The van der Waals surface area contributed by atoms with Gasteiger partial charge in [-0.1, -0.05) is 11.8 Å². The number of aryl methyl sites for hydroxylation is 1. The summed E-state index contributed by atoms with van der Waals surface area (Å²) in [5, 5.41) is 9.35. The van der Waals surface area contributed by atoms with Crippen LogP contribution in [0.4, 0.5) is 4.79 Å². The van der Waals surface area contributed by atoms with Crippen molar-refractivity contribution in [2.24, 2.45) is 7.05 Å². The zero-order valence-corrected chi connectivity index (χ0v) is 19.7. The Morgan fingerprint density at radius 2 is 1.88 bits per heavy atom. The number of carboxylic acid groups (broad SMARTS) is 1. The molecule has 1 aliphatic rings. The molecule has 1 aromatic heterocycles. The van der Waals surface area contributed by atoms with Gasteiger partial charge >= 0.3 is 11.8 Å². The Morgan fingerprint density at radius 1 is 1.18 bits per heavy atom. The van der Waals surface area contributed by atoms with Gasteiger partial charge in [-0.25, -0.2) is 9.59 Å². The lowest BCUT2D eigenvalue weighted by Crippen LogP contribution is -2.45. The van der Waals surface area contributed by atoms with E-state index in [2.05, 4.69) is 11.8 Å². The van der Waals surface area contributed by atoms with Crippen molar-refractivity contribution in [3.05, 3.63) is 34.2 Å². The number of unbranched alkanes of at least 4 members (excludes halogenated alkanes) is 1. The molecule has 9 nitrogen and oxygen atoms in total. The smallest absolute Gasteiger partial charge is 0.407 e. The molecule has 3 rings (SSSR count). The summed E-state index contributed by atoms with van der Waals surface area (Å²) in [6, 6.07) is 4.67. The topological polar surface area (TPSA) is 105 Å². The van der Waals surface area contributed by atoms with Gasteiger partial charge in [0.05, 0.1) is 11.0 Å². The van der Waals surface area contributed by atoms with Crippen LogP contribution in [0.15, 0.2) is 23.0 Å². The number of hydrogen-bond donors (Lipinski definition) is 1. The molecule has 0 bridgehead atoms. The third-order valence-corrected chi connectivity index (χ3v) is 5.98. The first-order chi connectivity index (χ1) is 15.4. The number of imidazole rings is 1. The molecule has 1 aliphatic heterocycles. The average Bonchev–Trinajstić information content (AvgIpc) is 2.98. The molecule has 1 fully saturated rings. The van der Waals surface area contributed by atoms with E-state index in [1.807, 2.05) is 20.8 Å². The van der Waals surface area contributed by atoms with E-state index in [0.717, 1.165) is 10.5 Å². The molecule has 2 heterocycles. The molecule has 2 aromatic rings. The van der Waals surface area contributed by atoms with Gasteiger partial charge in [-0.15, -0.1) is 0 Å². The number of nitrogens with zero attached hydrogens (tertiary/aromatic N) is 4. The van der Waals surface area contributed by atoms with Gasteiger partial charge in [0.2, 0.25) is 5.91 Å². The van der Waals surface area contributed by atoms with Crippen LogP contribution in [0.5, 0.6) is 0 Å². The third kappa shape index (κ3) is 4.80. The van der Waals surface area contributed by atoms with Crippen LogP contribution in [0.2, 0.25) is 0 Å². The highest BCUT2D eigenvalue weighted by Gasteiger charge is 2.35. The Bertz CT molecular complexity index is 1220. The van der Waals surface area contributed by atoms with Gasteiger partial charge in [0, 0.05) is 44.6 Å². The van der Waals surface area contributed by atoms with Gasteiger partial charge in [0.1, 0.15) is 6.04 Å². The number of piperidine rings is 1. The lowest BCUT2D eigenvalue weighted by Gasteiger charge is -2.32. The van der Waals surface area contributed by atoms with Crippen LogP contribution in [0.3, 0.4) is 0 Å². The Kier molecular flexibility index (Phi) is 6.68. The fourth-order valence-electron chi connectivity index (χ4n) is 4.09. The summed E-state index contributed by atoms with van der Waals surface area (Å²) in [5.41, 5.74) is 1.22. The van der Waals surface area contributed by atoms with E-state index < -0.39 is 17.7 Å². The predicted octanol–water partition coefficient (Wildman–Crippen LogP) is 2.57. The second-order valence-corrected chi connectivity index (χ2v) is 9.27. The van der Waals surface area contributed by atoms with Crippen molar-refractivity contribution in [3.8, 4) is 11.8 Å². The number of carbonyl (C=O) groups excluding carboxylic acids is 2. The summed E-state index contributed by atoms with van der Waals surface area (Å²) in [6.45, 7) is 5.97. The molecule has 3 amide bonds. The molecule has 33 heavy (non-hydrogen) atoms. The fourth-order valence-corrected chi connectivity index (χ4v) is 4.09. The van der Waals surface area contributed by atoms with Gasteiger partial charge in [-0.3, -0.25) is 23.6 Å². The molecule has 1 saturated heterocycles. The minimum Gasteiger partial charge on any atom is -0.465 e. The van der Waals surface area contributed by atoms with E-state index in [1.165, 1.54) is 21.1 Å². The van der Waals surface area contributed by atoms with Crippen LogP contribution in [0.1, 0.15) is 58.1 Å². The molecule has 1 N–H and O–H groups in total. The summed E-state index contributed by atoms with van der Waals surface area (Å²) in [6.07, 6.45) is 0.718. The van der Waals surface area contributed by atoms with Crippen molar-refractivity contribution < 1.29 is 19.5 Å². The standard InChI is InChI=1S/C24H30N4O5/c1-24(2,3)27(23(32)33)14-8-6-7-9-16-10-11-17-19(15-16)25(4)22(31)28(17)18-12-13-20(29)26(5)21(18)30/h10-11,15,18H,6,8,12-14H2,1-5H3,(H,32,33). The summed E-state index contributed by atoms with van der Waals surface area (Å²) in [4.78, 5) is 51.3. The van der Waals surface area contributed by atoms with Gasteiger partial charge in [-0.2, -0.15) is 0 Å². The average molecular weight is 455 g/mol. The quantitative estimate of drug-likeness (QED) is 0.434. The van der Waals surface area contributed by atoms with Gasteiger partial charge in [0.15, 0.2) is 0 Å². The van der Waals surface area contributed by atoms with E-state index in [0.29, 0.717) is 36.8 Å². The second-order valence-electron chi connectivity index (χ2n) is 9.27. The summed E-state index contributed by atoms with van der Waals surface area (Å²) < 4.78 is 2.95.